The summed E-state index contributed by atoms with van der Waals surface area (Å²) < 4.78 is 4.97. The number of carbonyl (C=O) groups excluding carboxylic acids is 2. The lowest BCUT2D eigenvalue weighted by atomic mass is 9.80. The number of rotatable bonds is 3. The molecule has 1 N–H and O–H groups in total. The minimum atomic E-state index is -1.21. The summed E-state index contributed by atoms with van der Waals surface area (Å²) in [6, 6.07) is 7.00. The summed E-state index contributed by atoms with van der Waals surface area (Å²) in [6.07, 6.45) is -0.665. The van der Waals surface area contributed by atoms with Gasteiger partial charge in [-0.15, -0.1) is 0 Å². The standard InChI is InChI=1S/C16H19NO5/c1-3-22-15(19)12-6-4-5-11(9-12)13-7-8-17(16(20)21)14(18)10(13)2/h4-6,9-10,13H,3,7-8H2,1-2H3,(H,20,21)/t10-,13+/m1/s1. The molecule has 1 aliphatic heterocycles. The van der Waals surface area contributed by atoms with E-state index < -0.39 is 23.9 Å². The number of imide groups is 1. The molecule has 1 heterocycles. The monoisotopic (exact) mass is 305 g/mol. The number of piperidine rings is 1. The molecule has 6 nitrogen and oxygen atoms in total. The first kappa shape index (κ1) is 16.0. The van der Waals surface area contributed by atoms with Crippen molar-refractivity contribution in [2.24, 2.45) is 5.92 Å². The Bertz CT molecular complexity index is 598. The Hall–Kier alpha value is -2.37. The van der Waals surface area contributed by atoms with Crippen molar-refractivity contribution in [3.63, 3.8) is 0 Å². The van der Waals surface area contributed by atoms with E-state index in [1.807, 2.05) is 6.07 Å². The van der Waals surface area contributed by atoms with E-state index in [9.17, 15) is 14.4 Å². The lowest BCUT2D eigenvalue weighted by molar-refractivity contribution is -0.136. The second kappa shape index (κ2) is 6.60. The van der Waals surface area contributed by atoms with Gasteiger partial charge in [-0.05, 0) is 37.0 Å². The van der Waals surface area contributed by atoms with Crippen LogP contribution in [0.1, 0.15) is 42.1 Å². The fraction of sp³-hybridized carbons (Fsp3) is 0.438. The number of ether oxygens (including phenoxy) is 1. The van der Waals surface area contributed by atoms with Crippen LogP contribution < -0.4 is 0 Å². The van der Waals surface area contributed by atoms with Crippen LogP contribution in [0.5, 0.6) is 0 Å². The third-order valence-corrected chi connectivity index (χ3v) is 3.98. The molecule has 0 saturated carbocycles. The predicted molar refractivity (Wildman–Crippen MR) is 78.7 cm³/mol. The van der Waals surface area contributed by atoms with Gasteiger partial charge < -0.3 is 9.84 Å². The Balaban J connectivity index is 2.22. The van der Waals surface area contributed by atoms with Gasteiger partial charge in [-0.3, -0.25) is 4.79 Å². The number of amides is 2. The van der Waals surface area contributed by atoms with Gasteiger partial charge in [-0.1, -0.05) is 19.1 Å². The summed E-state index contributed by atoms with van der Waals surface area (Å²) in [5, 5.41) is 9.00. The lowest BCUT2D eigenvalue weighted by Gasteiger charge is -2.33. The molecule has 0 radical (unpaired) electrons. The summed E-state index contributed by atoms with van der Waals surface area (Å²) in [7, 11) is 0. The number of hydrogen-bond donors (Lipinski definition) is 1. The van der Waals surface area contributed by atoms with Crippen LogP contribution in [0, 0.1) is 5.92 Å². The minimum Gasteiger partial charge on any atom is -0.465 e. The van der Waals surface area contributed by atoms with Gasteiger partial charge in [0.1, 0.15) is 0 Å². The van der Waals surface area contributed by atoms with Crippen molar-refractivity contribution >= 4 is 18.0 Å². The molecule has 0 unspecified atom stereocenters. The van der Waals surface area contributed by atoms with Crippen molar-refractivity contribution in [3.8, 4) is 0 Å². The molecule has 2 atom stereocenters. The first-order valence-electron chi connectivity index (χ1n) is 7.27. The fourth-order valence-electron chi connectivity index (χ4n) is 2.80. The van der Waals surface area contributed by atoms with Gasteiger partial charge in [-0.25, -0.2) is 14.5 Å². The molecule has 1 saturated heterocycles. The predicted octanol–water partition coefficient (Wildman–Crippen LogP) is 2.49. The molecule has 1 fully saturated rings. The molecule has 0 aromatic heterocycles. The maximum absolute atomic E-state index is 12.1. The van der Waals surface area contributed by atoms with Gasteiger partial charge in [0.05, 0.1) is 12.2 Å². The Morgan fingerprint density at radius 1 is 1.41 bits per heavy atom. The van der Waals surface area contributed by atoms with Crippen LogP contribution >= 0.6 is 0 Å². The maximum atomic E-state index is 12.1. The Morgan fingerprint density at radius 2 is 2.14 bits per heavy atom. The van der Waals surface area contributed by atoms with E-state index in [0.717, 1.165) is 10.5 Å². The highest BCUT2D eigenvalue weighted by molar-refractivity contribution is 5.93. The van der Waals surface area contributed by atoms with Gasteiger partial charge in [0.2, 0.25) is 5.91 Å². The second-order valence-corrected chi connectivity index (χ2v) is 5.30. The molecule has 1 aromatic rings. The van der Waals surface area contributed by atoms with E-state index in [0.29, 0.717) is 18.6 Å². The van der Waals surface area contributed by atoms with Gasteiger partial charge in [-0.2, -0.15) is 0 Å². The van der Waals surface area contributed by atoms with Crippen molar-refractivity contribution in [1.82, 2.24) is 4.90 Å². The molecule has 0 spiro atoms. The highest BCUT2D eigenvalue weighted by Gasteiger charge is 2.37. The van der Waals surface area contributed by atoms with E-state index in [2.05, 4.69) is 0 Å². The van der Waals surface area contributed by atoms with E-state index in [4.69, 9.17) is 9.84 Å². The molecule has 2 rings (SSSR count). The van der Waals surface area contributed by atoms with Crippen LogP contribution in [-0.2, 0) is 9.53 Å². The zero-order valence-corrected chi connectivity index (χ0v) is 12.6. The van der Waals surface area contributed by atoms with Gasteiger partial charge in [0.15, 0.2) is 0 Å². The highest BCUT2D eigenvalue weighted by Crippen LogP contribution is 2.34. The van der Waals surface area contributed by atoms with Crippen molar-refractivity contribution in [2.45, 2.75) is 26.2 Å². The van der Waals surface area contributed by atoms with Crippen molar-refractivity contribution < 1.29 is 24.2 Å². The summed E-state index contributed by atoms with van der Waals surface area (Å²) in [6.45, 7) is 3.94. The van der Waals surface area contributed by atoms with E-state index in [1.165, 1.54) is 0 Å². The van der Waals surface area contributed by atoms with E-state index in [1.54, 1.807) is 32.0 Å². The molecular formula is C16H19NO5. The second-order valence-electron chi connectivity index (χ2n) is 5.30. The Kier molecular flexibility index (Phi) is 4.80. The summed E-state index contributed by atoms with van der Waals surface area (Å²) in [4.78, 5) is 35.8. The average Bonchev–Trinajstić information content (AvgIpc) is 2.50. The Labute approximate surface area is 128 Å². The van der Waals surface area contributed by atoms with Crippen LogP contribution in [0.15, 0.2) is 24.3 Å². The van der Waals surface area contributed by atoms with Crippen molar-refractivity contribution in [3.05, 3.63) is 35.4 Å². The van der Waals surface area contributed by atoms with Crippen LogP contribution in [-0.4, -0.2) is 41.1 Å². The maximum Gasteiger partial charge on any atom is 0.414 e. The molecule has 118 valence electrons. The van der Waals surface area contributed by atoms with Crippen LogP contribution in [0.3, 0.4) is 0 Å². The smallest absolute Gasteiger partial charge is 0.414 e. The molecule has 0 aliphatic carbocycles. The molecule has 6 heteroatoms. The number of benzene rings is 1. The minimum absolute atomic E-state index is 0.0996. The van der Waals surface area contributed by atoms with Gasteiger partial charge in [0, 0.05) is 12.5 Å². The van der Waals surface area contributed by atoms with Crippen LogP contribution in [0.2, 0.25) is 0 Å². The molecule has 1 aromatic carbocycles. The highest BCUT2D eigenvalue weighted by atomic mass is 16.5. The lowest BCUT2D eigenvalue weighted by Crippen LogP contribution is -2.46. The number of nitrogens with zero attached hydrogens (tertiary/aromatic N) is 1. The number of esters is 1. The first-order valence-corrected chi connectivity index (χ1v) is 7.27. The number of carboxylic acid groups (broad SMARTS) is 1. The third-order valence-electron chi connectivity index (χ3n) is 3.98. The van der Waals surface area contributed by atoms with Gasteiger partial charge in [0.25, 0.3) is 0 Å². The fourth-order valence-corrected chi connectivity index (χ4v) is 2.80. The zero-order valence-electron chi connectivity index (χ0n) is 12.6. The molecule has 0 bridgehead atoms. The SMILES string of the molecule is CCOC(=O)c1cccc([C@H]2CCN(C(=O)O)C(=O)[C@@H]2C)c1. The topological polar surface area (TPSA) is 83.9 Å². The quantitative estimate of drug-likeness (QED) is 0.867. The number of likely N-dealkylation sites (tertiary alicyclic amines) is 1. The van der Waals surface area contributed by atoms with Gasteiger partial charge >= 0.3 is 12.1 Å². The largest absolute Gasteiger partial charge is 0.465 e. The van der Waals surface area contributed by atoms with E-state index in [-0.39, 0.29) is 12.5 Å². The van der Waals surface area contributed by atoms with E-state index >= 15 is 0 Å². The molecule has 1 aliphatic rings. The molecular weight excluding hydrogens is 286 g/mol. The molecule has 2 amide bonds. The number of carbonyl (C=O) groups is 3. The zero-order chi connectivity index (χ0) is 16.3. The summed E-state index contributed by atoms with van der Waals surface area (Å²) >= 11 is 0. The first-order chi connectivity index (χ1) is 10.5. The summed E-state index contributed by atoms with van der Waals surface area (Å²) in [5.74, 6) is -1.34. The van der Waals surface area contributed by atoms with Crippen LogP contribution in [0.25, 0.3) is 0 Å². The summed E-state index contributed by atoms with van der Waals surface area (Å²) in [5.41, 5.74) is 1.30. The number of hydrogen-bond acceptors (Lipinski definition) is 4. The van der Waals surface area contributed by atoms with Crippen LogP contribution in [0.4, 0.5) is 4.79 Å². The van der Waals surface area contributed by atoms with Crippen molar-refractivity contribution in [2.75, 3.05) is 13.2 Å². The van der Waals surface area contributed by atoms with Crippen molar-refractivity contribution in [1.29, 1.82) is 0 Å². The normalized spacial score (nSPS) is 21.5. The Morgan fingerprint density at radius 3 is 2.77 bits per heavy atom. The molecule has 22 heavy (non-hydrogen) atoms. The third kappa shape index (κ3) is 3.10. The average molecular weight is 305 g/mol.